The van der Waals surface area contributed by atoms with Gasteiger partial charge in [0.25, 0.3) is 0 Å². The van der Waals surface area contributed by atoms with E-state index in [0.717, 1.165) is 19.3 Å². The number of carbonyl (C=O) groups is 2. The van der Waals surface area contributed by atoms with E-state index in [4.69, 9.17) is 4.74 Å². The first kappa shape index (κ1) is 18.0. The molecule has 0 aliphatic carbocycles. The fraction of sp³-hybridized carbons (Fsp3) is 0.588. The Kier molecular flexibility index (Phi) is 6.00. The summed E-state index contributed by atoms with van der Waals surface area (Å²) < 4.78 is 5.24. The summed E-state index contributed by atoms with van der Waals surface area (Å²) >= 11 is 0. The number of alkyl carbamates (subject to hydrolysis) is 1. The molecule has 0 radical (unpaired) electrons. The first-order chi connectivity index (χ1) is 11.3. The number of aromatic nitrogens is 1. The van der Waals surface area contributed by atoms with Gasteiger partial charge in [0.05, 0.1) is 17.9 Å². The zero-order valence-electron chi connectivity index (χ0n) is 14.5. The number of hydrogen-bond donors (Lipinski definition) is 2. The maximum absolute atomic E-state index is 12.5. The van der Waals surface area contributed by atoms with Crippen molar-refractivity contribution in [2.75, 3.05) is 18.4 Å². The standard InChI is InChI=1S/C17H26N4O3/c1-17(2,3)24-16(23)19-12-14-8-4-5-10-21(14)15(22)20-13-7-6-9-18-11-13/h6-7,9,11,14H,4-5,8,10,12H2,1-3H3,(H,19,23)(H,20,22). The van der Waals surface area contributed by atoms with Gasteiger partial charge in [0.1, 0.15) is 5.60 Å². The molecule has 0 spiro atoms. The molecule has 1 atom stereocenters. The molecule has 1 fully saturated rings. The minimum Gasteiger partial charge on any atom is -0.444 e. The van der Waals surface area contributed by atoms with Crippen LogP contribution in [0.5, 0.6) is 0 Å². The Bertz CT molecular complexity index is 557. The fourth-order valence-electron chi connectivity index (χ4n) is 2.63. The average molecular weight is 334 g/mol. The van der Waals surface area contributed by atoms with Crippen molar-refractivity contribution in [1.29, 1.82) is 0 Å². The summed E-state index contributed by atoms with van der Waals surface area (Å²) in [5.41, 5.74) is 0.125. The van der Waals surface area contributed by atoms with Gasteiger partial charge < -0.3 is 20.3 Å². The van der Waals surface area contributed by atoms with Gasteiger partial charge in [-0.2, -0.15) is 0 Å². The molecule has 132 valence electrons. The van der Waals surface area contributed by atoms with E-state index in [1.165, 1.54) is 0 Å². The van der Waals surface area contributed by atoms with Gasteiger partial charge in [-0.1, -0.05) is 0 Å². The van der Waals surface area contributed by atoms with Crippen LogP contribution in [0.15, 0.2) is 24.5 Å². The van der Waals surface area contributed by atoms with Crippen LogP contribution in [0, 0.1) is 0 Å². The van der Waals surface area contributed by atoms with Crippen molar-refractivity contribution in [2.24, 2.45) is 0 Å². The van der Waals surface area contributed by atoms with Crippen molar-refractivity contribution >= 4 is 17.8 Å². The minimum absolute atomic E-state index is 0.0389. The monoisotopic (exact) mass is 334 g/mol. The Morgan fingerprint density at radius 2 is 2.17 bits per heavy atom. The second-order valence-corrected chi connectivity index (χ2v) is 6.90. The molecular formula is C17H26N4O3. The van der Waals surface area contributed by atoms with Crippen LogP contribution in [-0.4, -0.2) is 46.7 Å². The SMILES string of the molecule is CC(C)(C)OC(=O)NCC1CCCCN1C(=O)Nc1cccnc1. The summed E-state index contributed by atoms with van der Waals surface area (Å²) in [4.78, 5) is 30.1. The van der Waals surface area contributed by atoms with E-state index in [2.05, 4.69) is 15.6 Å². The molecule has 0 bridgehead atoms. The summed E-state index contributed by atoms with van der Waals surface area (Å²) in [7, 11) is 0. The van der Waals surface area contributed by atoms with Crippen molar-refractivity contribution in [3.8, 4) is 0 Å². The van der Waals surface area contributed by atoms with E-state index in [1.54, 1.807) is 29.4 Å². The third-order valence-electron chi connectivity index (χ3n) is 3.68. The zero-order valence-corrected chi connectivity index (χ0v) is 14.5. The van der Waals surface area contributed by atoms with E-state index in [9.17, 15) is 9.59 Å². The summed E-state index contributed by atoms with van der Waals surface area (Å²) in [5, 5.41) is 5.61. The predicted molar refractivity (Wildman–Crippen MR) is 91.8 cm³/mol. The van der Waals surface area contributed by atoms with Crippen molar-refractivity contribution in [3.05, 3.63) is 24.5 Å². The van der Waals surface area contributed by atoms with Crippen LogP contribution in [0.3, 0.4) is 0 Å². The molecule has 0 aromatic carbocycles. The predicted octanol–water partition coefficient (Wildman–Crippen LogP) is 2.99. The van der Waals surface area contributed by atoms with Gasteiger partial charge >= 0.3 is 12.1 Å². The van der Waals surface area contributed by atoms with Crippen molar-refractivity contribution < 1.29 is 14.3 Å². The highest BCUT2D eigenvalue weighted by molar-refractivity contribution is 5.89. The number of urea groups is 1. The minimum atomic E-state index is -0.534. The number of pyridine rings is 1. The first-order valence-electron chi connectivity index (χ1n) is 8.29. The van der Waals surface area contributed by atoms with Crippen LogP contribution in [0.4, 0.5) is 15.3 Å². The van der Waals surface area contributed by atoms with Gasteiger partial charge in [0.15, 0.2) is 0 Å². The van der Waals surface area contributed by atoms with Crippen molar-refractivity contribution in [1.82, 2.24) is 15.2 Å². The topological polar surface area (TPSA) is 83.6 Å². The van der Waals surface area contributed by atoms with E-state index in [0.29, 0.717) is 18.8 Å². The van der Waals surface area contributed by atoms with Gasteiger partial charge in [0, 0.05) is 19.3 Å². The van der Waals surface area contributed by atoms with Crippen molar-refractivity contribution in [2.45, 2.75) is 51.7 Å². The molecule has 7 nitrogen and oxygen atoms in total. The molecule has 1 aromatic rings. The second kappa shape index (κ2) is 7.99. The molecule has 1 aromatic heterocycles. The lowest BCUT2D eigenvalue weighted by atomic mass is 10.0. The van der Waals surface area contributed by atoms with Crippen molar-refractivity contribution in [3.63, 3.8) is 0 Å². The van der Waals surface area contributed by atoms with Gasteiger partial charge in [-0.25, -0.2) is 9.59 Å². The maximum atomic E-state index is 12.5. The highest BCUT2D eigenvalue weighted by Gasteiger charge is 2.27. The molecule has 2 N–H and O–H groups in total. The molecule has 0 saturated carbocycles. The molecule has 1 unspecified atom stereocenters. The Morgan fingerprint density at radius 1 is 1.38 bits per heavy atom. The smallest absolute Gasteiger partial charge is 0.407 e. The number of nitrogens with zero attached hydrogens (tertiary/aromatic N) is 2. The van der Waals surface area contributed by atoms with Crippen LogP contribution in [0.2, 0.25) is 0 Å². The normalized spacial score (nSPS) is 18.0. The van der Waals surface area contributed by atoms with Gasteiger partial charge in [0.2, 0.25) is 0 Å². The van der Waals surface area contributed by atoms with E-state index >= 15 is 0 Å². The Hall–Kier alpha value is -2.31. The number of ether oxygens (including phenoxy) is 1. The number of nitrogens with one attached hydrogen (secondary N) is 2. The van der Waals surface area contributed by atoms with Crippen LogP contribution in [0.1, 0.15) is 40.0 Å². The lowest BCUT2D eigenvalue weighted by Crippen LogP contribution is -2.51. The molecule has 7 heteroatoms. The molecular weight excluding hydrogens is 308 g/mol. The second-order valence-electron chi connectivity index (χ2n) is 6.90. The Labute approximate surface area is 142 Å². The fourth-order valence-corrected chi connectivity index (χ4v) is 2.63. The van der Waals surface area contributed by atoms with Gasteiger partial charge in [-0.15, -0.1) is 0 Å². The third-order valence-corrected chi connectivity index (χ3v) is 3.68. The molecule has 2 heterocycles. The quantitative estimate of drug-likeness (QED) is 0.890. The van der Waals surface area contributed by atoms with Crippen LogP contribution >= 0.6 is 0 Å². The number of amides is 3. The highest BCUT2D eigenvalue weighted by atomic mass is 16.6. The first-order valence-corrected chi connectivity index (χ1v) is 8.29. The maximum Gasteiger partial charge on any atom is 0.407 e. The lowest BCUT2D eigenvalue weighted by molar-refractivity contribution is 0.0505. The Balaban J connectivity index is 1.90. The van der Waals surface area contributed by atoms with E-state index in [1.807, 2.05) is 20.8 Å². The highest BCUT2D eigenvalue weighted by Crippen LogP contribution is 2.18. The molecule has 1 aliphatic heterocycles. The van der Waals surface area contributed by atoms with E-state index < -0.39 is 11.7 Å². The molecule has 2 rings (SSSR count). The van der Waals surface area contributed by atoms with Gasteiger partial charge in [-0.3, -0.25) is 4.98 Å². The van der Waals surface area contributed by atoms with Crippen LogP contribution in [-0.2, 0) is 4.74 Å². The summed E-state index contributed by atoms with van der Waals surface area (Å²) in [6, 6.07) is 3.36. The molecule has 1 saturated heterocycles. The van der Waals surface area contributed by atoms with Crippen LogP contribution < -0.4 is 10.6 Å². The molecule has 24 heavy (non-hydrogen) atoms. The lowest BCUT2D eigenvalue weighted by Gasteiger charge is -2.35. The zero-order chi connectivity index (χ0) is 17.6. The summed E-state index contributed by atoms with van der Waals surface area (Å²) in [5.74, 6) is 0. The van der Waals surface area contributed by atoms with Crippen LogP contribution in [0.25, 0.3) is 0 Å². The largest absolute Gasteiger partial charge is 0.444 e. The number of likely N-dealkylation sites (tertiary alicyclic amines) is 1. The van der Waals surface area contributed by atoms with E-state index in [-0.39, 0.29) is 12.1 Å². The average Bonchev–Trinajstić information content (AvgIpc) is 2.52. The summed E-state index contributed by atoms with van der Waals surface area (Å²) in [6.07, 6.45) is 5.66. The number of anilines is 1. The number of carbonyl (C=O) groups excluding carboxylic acids is 2. The Morgan fingerprint density at radius 3 is 2.83 bits per heavy atom. The molecule has 3 amide bonds. The van der Waals surface area contributed by atoms with Gasteiger partial charge in [-0.05, 0) is 52.2 Å². The number of piperidine rings is 1. The number of rotatable bonds is 3. The summed E-state index contributed by atoms with van der Waals surface area (Å²) in [6.45, 7) is 6.52. The molecule has 1 aliphatic rings. The number of hydrogen-bond acceptors (Lipinski definition) is 4. The third kappa shape index (κ3) is 5.72.